The molecule has 4 aromatic rings. The number of carbonyl (C=O) groups excluding carboxylic acids is 1. The number of anilines is 1. The highest BCUT2D eigenvalue weighted by Crippen LogP contribution is 2.34. The first-order valence-corrected chi connectivity index (χ1v) is 9.91. The molecular formula is C21H21N7O. The Balaban J connectivity index is 1.49. The SMILES string of the molecule is O=C(Nc1nc2ccccc2n1C1CCCCC1)c1cccc(-n2cnnn2)c1. The fourth-order valence-corrected chi connectivity index (χ4v) is 4.08. The van der Waals surface area contributed by atoms with Crippen LogP contribution in [0.2, 0.25) is 0 Å². The number of carbonyl (C=O) groups is 1. The lowest BCUT2D eigenvalue weighted by molar-refractivity contribution is 0.102. The molecule has 2 aromatic heterocycles. The molecule has 0 saturated heterocycles. The number of para-hydroxylation sites is 2. The van der Waals surface area contributed by atoms with Crippen LogP contribution in [0.4, 0.5) is 5.95 Å². The fourth-order valence-electron chi connectivity index (χ4n) is 4.08. The number of aromatic nitrogens is 6. The number of imidazole rings is 1. The molecule has 1 aliphatic rings. The van der Waals surface area contributed by atoms with Crippen LogP contribution in [-0.4, -0.2) is 35.7 Å². The molecule has 146 valence electrons. The molecule has 1 saturated carbocycles. The monoisotopic (exact) mass is 387 g/mol. The van der Waals surface area contributed by atoms with Gasteiger partial charge in [-0.15, -0.1) is 5.10 Å². The molecular weight excluding hydrogens is 366 g/mol. The van der Waals surface area contributed by atoms with Crippen molar-refractivity contribution in [3.05, 3.63) is 60.4 Å². The summed E-state index contributed by atoms with van der Waals surface area (Å²) in [4.78, 5) is 17.7. The molecule has 1 fully saturated rings. The number of amides is 1. The van der Waals surface area contributed by atoms with Crippen LogP contribution < -0.4 is 5.32 Å². The van der Waals surface area contributed by atoms with Crippen molar-refractivity contribution in [3.63, 3.8) is 0 Å². The van der Waals surface area contributed by atoms with Crippen molar-refractivity contribution in [2.45, 2.75) is 38.1 Å². The van der Waals surface area contributed by atoms with Crippen LogP contribution >= 0.6 is 0 Å². The van der Waals surface area contributed by atoms with E-state index in [-0.39, 0.29) is 5.91 Å². The summed E-state index contributed by atoms with van der Waals surface area (Å²) in [5, 5.41) is 14.2. The Kier molecular flexibility index (Phi) is 4.51. The zero-order valence-electron chi connectivity index (χ0n) is 15.9. The van der Waals surface area contributed by atoms with E-state index in [1.54, 1.807) is 12.1 Å². The Morgan fingerprint density at radius 1 is 1.03 bits per heavy atom. The quantitative estimate of drug-likeness (QED) is 0.576. The van der Waals surface area contributed by atoms with Crippen LogP contribution in [0.5, 0.6) is 0 Å². The summed E-state index contributed by atoms with van der Waals surface area (Å²) in [5.41, 5.74) is 3.22. The maximum absolute atomic E-state index is 13.0. The van der Waals surface area contributed by atoms with Gasteiger partial charge in [-0.3, -0.25) is 10.1 Å². The lowest BCUT2D eigenvalue weighted by atomic mass is 9.95. The van der Waals surface area contributed by atoms with Gasteiger partial charge < -0.3 is 4.57 Å². The molecule has 29 heavy (non-hydrogen) atoms. The first-order chi connectivity index (χ1) is 14.3. The van der Waals surface area contributed by atoms with Crippen molar-refractivity contribution in [3.8, 4) is 5.69 Å². The summed E-state index contributed by atoms with van der Waals surface area (Å²) in [6.45, 7) is 0. The third-order valence-corrected chi connectivity index (χ3v) is 5.48. The summed E-state index contributed by atoms with van der Waals surface area (Å²) in [5.74, 6) is 0.406. The highest BCUT2D eigenvalue weighted by Gasteiger charge is 2.22. The van der Waals surface area contributed by atoms with Gasteiger partial charge in [0.1, 0.15) is 6.33 Å². The lowest BCUT2D eigenvalue weighted by Crippen LogP contribution is -2.20. The summed E-state index contributed by atoms with van der Waals surface area (Å²) >= 11 is 0. The molecule has 2 aromatic carbocycles. The molecule has 0 spiro atoms. The van der Waals surface area contributed by atoms with Gasteiger partial charge in [0, 0.05) is 11.6 Å². The summed E-state index contributed by atoms with van der Waals surface area (Å²) in [7, 11) is 0. The number of tetrazole rings is 1. The molecule has 8 nitrogen and oxygen atoms in total. The van der Waals surface area contributed by atoms with Crippen LogP contribution in [0, 0.1) is 0 Å². The van der Waals surface area contributed by atoms with Crippen molar-refractivity contribution in [1.29, 1.82) is 0 Å². The predicted molar refractivity (Wildman–Crippen MR) is 109 cm³/mol. The number of fused-ring (bicyclic) bond motifs is 1. The van der Waals surface area contributed by atoms with Gasteiger partial charge in [0.05, 0.1) is 16.7 Å². The first kappa shape index (κ1) is 17.5. The second-order valence-corrected chi connectivity index (χ2v) is 7.34. The van der Waals surface area contributed by atoms with E-state index in [1.807, 2.05) is 30.3 Å². The molecule has 1 aliphatic carbocycles. The van der Waals surface area contributed by atoms with Crippen molar-refractivity contribution < 1.29 is 4.79 Å². The molecule has 8 heteroatoms. The van der Waals surface area contributed by atoms with E-state index in [1.165, 1.54) is 30.3 Å². The third-order valence-electron chi connectivity index (χ3n) is 5.48. The second-order valence-electron chi connectivity index (χ2n) is 7.34. The van der Waals surface area contributed by atoms with E-state index >= 15 is 0 Å². The number of hydrogen-bond donors (Lipinski definition) is 1. The maximum atomic E-state index is 13.0. The van der Waals surface area contributed by atoms with Crippen LogP contribution in [0.25, 0.3) is 16.7 Å². The van der Waals surface area contributed by atoms with Crippen molar-refractivity contribution in [1.82, 2.24) is 29.8 Å². The van der Waals surface area contributed by atoms with Gasteiger partial charge in [0.15, 0.2) is 0 Å². The molecule has 2 heterocycles. The van der Waals surface area contributed by atoms with Crippen LogP contribution in [-0.2, 0) is 0 Å². The Morgan fingerprint density at radius 2 is 1.90 bits per heavy atom. The van der Waals surface area contributed by atoms with Crippen LogP contribution in [0.15, 0.2) is 54.9 Å². The molecule has 0 aliphatic heterocycles. The summed E-state index contributed by atoms with van der Waals surface area (Å²) < 4.78 is 3.73. The average Bonchev–Trinajstić information content (AvgIpc) is 3.42. The van der Waals surface area contributed by atoms with Gasteiger partial charge in [-0.05, 0) is 53.6 Å². The van der Waals surface area contributed by atoms with Crippen molar-refractivity contribution in [2.75, 3.05) is 5.32 Å². The Bertz CT molecular complexity index is 1140. The van der Waals surface area contributed by atoms with E-state index in [0.29, 0.717) is 17.6 Å². The maximum Gasteiger partial charge on any atom is 0.258 e. The smallest absolute Gasteiger partial charge is 0.258 e. The molecule has 0 atom stereocenters. The number of hydrogen-bond acceptors (Lipinski definition) is 5. The summed E-state index contributed by atoms with van der Waals surface area (Å²) in [6, 6.07) is 15.6. The molecule has 0 radical (unpaired) electrons. The van der Waals surface area contributed by atoms with Gasteiger partial charge in [0.2, 0.25) is 5.95 Å². The standard InChI is InChI=1S/C21H21N7O/c29-20(15-7-6-10-17(13-15)27-14-22-25-26-27)24-21-23-18-11-4-5-12-19(18)28(21)16-8-2-1-3-9-16/h4-7,10-14,16H,1-3,8-9H2,(H,23,24,29). The van der Waals surface area contributed by atoms with E-state index < -0.39 is 0 Å². The van der Waals surface area contributed by atoms with E-state index in [9.17, 15) is 4.79 Å². The average molecular weight is 387 g/mol. The highest BCUT2D eigenvalue weighted by molar-refractivity contribution is 6.04. The lowest BCUT2D eigenvalue weighted by Gasteiger charge is -2.25. The Morgan fingerprint density at radius 3 is 2.72 bits per heavy atom. The predicted octanol–water partition coefficient (Wildman–Crippen LogP) is 3.77. The van der Waals surface area contributed by atoms with E-state index in [0.717, 1.165) is 29.6 Å². The Hall–Kier alpha value is -3.55. The topological polar surface area (TPSA) is 90.5 Å². The fraction of sp³-hybridized carbons (Fsp3) is 0.286. The zero-order valence-corrected chi connectivity index (χ0v) is 15.9. The Labute approximate surface area is 167 Å². The summed E-state index contributed by atoms with van der Waals surface area (Å²) in [6.07, 6.45) is 7.40. The number of nitrogens with zero attached hydrogens (tertiary/aromatic N) is 6. The van der Waals surface area contributed by atoms with E-state index in [2.05, 4.69) is 31.5 Å². The molecule has 1 N–H and O–H groups in total. The van der Waals surface area contributed by atoms with Gasteiger partial charge in [-0.1, -0.05) is 37.5 Å². The number of nitrogens with one attached hydrogen (secondary N) is 1. The molecule has 1 amide bonds. The molecule has 0 unspecified atom stereocenters. The zero-order chi connectivity index (χ0) is 19.6. The van der Waals surface area contributed by atoms with Gasteiger partial charge >= 0.3 is 0 Å². The first-order valence-electron chi connectivity index (χ1n) is 9.91. The normalized spacial score (nSPS) is 14.9. The van der Waals surface area contributed by atoms with Gasteiger partial charge in [0.25, 0.3) is 5.91 Å². The minimum atomic E-state index is -0.202. The van der Waals surface area contributed by atoms with E-state index in [4.69, 9.17) is 4.98 Å². The van der Waals surface area contributed by atoms with Gasteiger partial charge in [-0.25, -0.2) is 9.67 Å². The highest BCUT2D eigenvalue weighted by atomic mass is 16.1. The largest absolute Gasteiger partial charge is 0.307 e. The molecule has 5 rings (SSSR count). The van der Waals surface area contributed by atoms with Gasteiger partial charge in [-0.2, -0.15) is 0 Å². The molecule has 0 bridgehead atoms. The minimum Gasteiger partial charge on any atom is -0.307 e. The second kappa shape index (κ2) is 7.46. The van der Waals surface area contributed by atoms with Crippen molar-refractivity contribution in [2.24, 2.45) is 0 Å². The third kappa shape index (κ3) is 3.37. The number of rotatable bonds is 4. The minimum absolute atomic E-state index is 0.202. The van der Waals surface area contributed by atoms with Crippen LogP contribution in [0.1, 0.15) is 48.5 Å². The number of benzene rings is 2. The van der Waals surface area contributed by atoms with Crippen molar-refractivity contribution >= 4 is 22.9 Å². The van der Waals surface area contributed by atoms with Crippen LogP contribution in [0.3, 0.4) is 0 Å².